The van der Waals surface area contributed by atoms with Gasteiger partial charge in [0.1, 0.15) is 17.9 Å². The molecule has 9 nitrogen and oxygen atoms in total. The topological polar surface area (TPSA) is 97.5 Å². The first-order valence-electron chi connectivity index (χ1n) is 10.2. The minimum absolute atomic E-state index is 0.00266. The van der Waals surface area contributed by atoms with E-state index in [0.717, 1.165) is 37.2 Å². The van der Waals surface area contributed by atoms with Gasteiger partial charge in [0.2, 0.25) is 5.69 Å². The third kappa shape index (κ3) is 4.16. The van der Waals surface area contributed by atoms with Gasteiger partial charge in [-0.3, -0.25) is 4.68 Å². The Hall–Kier alpha value is -3.62. The van der Waals surface area contributed by atoms with Crippen molar-refractivity contribution < 1.29 is 23.8 Å². The molecule has 4 rings (SSSR count). The van der Waals surface area contributed by atoms with Crippen molar-refractivity contribution >= 4 is 11.9 Å². The van der Waals surface area contributed by atoms with E-state index in [2.05, 4.69) is 10.2 Å². The molecule has 0 amide bonds. The van der Waals surface area contributed by atoms with Gasteiger partial charge in [0.25, 0.3) is 0 Å². The van der Waals surface area contributed by atoms with Crippen molar-refractivity contribution in [1.82, 2.24) is 19.6 Å². The smallest absolute Gasteiger partial charge is 0.362 e. The molecular formula is C22H24N4O5. The fourth-order valence-corrected chi connectivity index (χ4v) is 3.65. The highest BCUT2D eigenvalue weighted by molar-refractivity contribution is 5.92. The molecule has 0 radical (unpaired) electrons. The summed E-state index contributed by atoms with van der Waals surface area (Å²) in [5.74, 6) is -0.763. The molecule has 0 fully saturated rings. The SMILES string of the molecule is CCOC(=O)c1nn(-c2ccccc2)cc1OCc1nn2c(c1C(=O)OC)CCCC2. The Labute approximate surface area is 179 Å². The Kier molecular flexibility index (Phi) is 6.01. The summed E-state index contributed by atoms with van der Waals surface area (Å²) in [7, 11) is 1.35. The number of aryl methyl sites for hydroxylation is 1. The predicted octanol–water partition coefficient (Wildman–Crippen LogP) is 2.95. The Morgan fingerprint density at radius 2 is 1.90 bits per heavy atom. The van der Waals surface area contributed by atoms with Gasteiger partial charge >= 0.3 is 11.9 Å². The summed E-state index contributed by atoms with van der Waals surface area (Å²) in [4.78, 5) is 24.8. The van der Waals surface area contributed by atoms with Gasteiger partial charge in [-0.2, -0.15) is 10.2 Å². The second-order valence-electron chi connectivity index (χ2n) is 7.07. The van der Waals surface area contributed by atoms with E-state index in [4.69, 9.17) is 14.2 Å². The standard InChI is InChI=1S/C22H24N4O5/c1-3-30-22(28)20-18(13-26(24-20)15-9-5-4-6-10-15)31-14-16-19(21(27)29-2)17-11-7-8-12-25(17)23-16/h4-6,9-10,13H,3,7-8,11-12,14H2,1-2H3. The monoisotopic (exact) mass is 424 g/mol. The molecule has 3 aromatic rings. The Morgan fingerprint density at radius 3 is 2.65 bits per heavy atom. The number of hydrogen-bond donors (Lipinski definition) is 0. The second kappa shape index (κ2) is 9.03. The molecule has 0 bridgehead atoms. The molecule has 0 aliphatic carbocycles. The molecule has 162 valence electrons. The molecule has 1 aliphatic rings. The van der Waals surface area contributed by atoms with Gasteiger partial charge in [0.15, 0.2) is 5.75 Å². The zero-order valence-electron chi connectivity index (χ0n) is 17.5. The number of rotatable bonds is 7. The summed E-state index contributed by atoms with van der Waals surface area (Å²) in [6.45, 7) is 2.69. The van der Waals surface area contributed by atoms with Crippen LogP contribution in [0.15, 0.2) is 36.5 Å². The maximum Gasteiger partial charge on any atom is 0.362 e. The molecule has 0 atom stereocenters. The minimum Gasteiger partial charge on any atom is -0.483 e. The Balaban J connectivity index is 1.65. The molecular weight excluding hydrogens is 400 g/mol. The number of fused-ring (bicyclic) bond motifs is 1. The highest BCUT2D eigenvalue weighted by Gasteiger charge is 2.27. The first-order valence-corrected chi connectivity index (χ1v) is 10.2. The lowest BCUT2D eigenvalue weighted by Gasteiger charge is -2.13. The van der Waals surface area contributed by atoms with Crippen LogP contribution in [-0.2, 0) is 29.0 Å². The highest BCUT2D eigenvalue weighted by atomic mass is 16.5. The van der Waals surface area contributed by atoms with E-state index in [1.165, 1.54) is 7.11 Å². The average molecular weight is 424 g/mol. The number of benzene rings is 1. The van der Waals surface area contributed by atoms with E-state index in [1.54, 1.807) is 17.8 Å². The predicted molar refractivity (Wildman–Crippen MR) is 110 cm³/mol. The number of methoxy groups -OCH3 is 1. The first-order chi connectivity index (χ1) is 15.1. The quantitative estimate of drug-likeness (QED) is 0.538. The number of nitrogens with zero attached hydrogens (tertiary/aromatic N) is 4. The van der Waals surface area contributed by atoms with E-state index in [-0.39, 0.29) is 24.7 Å². The average Bonchev–Trinajstić information content (AvgIpc) is 3.39. The van der Waals surface area contributed by atoms with Gasteiger partial charge in [-0.25, -0.2) is 14.3 Å². The fourth-order valence-electron chi connectivity index (χ4n) is 3.65. The fraction of sp³-hybridized carbons (Fsp3) is 0.364. The van der Waals surface area contributed by atoms with Crippen LogP contribution in [0.5, 0.6) is 5.75 Å². The number of carbonyl (C=O) groups is 2. The third-order valence-corrected chi connectivity index (χ3v) is 5.09. The number of aromatic nitrogens is 4. The highest BCUT2D eigenvalue weighted by Crippen LogP contribution is 2.26. The van der Waals surface area contributed by atoms with Crippen molar-refractivity contribution in [3.8, 4) is 11.4 Å². The molecule has 1 aromatic carbocycles. The van der Waals surface area contributed by atoms with Gasteiger partial charge in [0.05, 0.1) is 31.3 Å². The number of carbonyl (C=O) groups excluding carboxylic acids is 2. The number of para-hydroxylation sites is 1. The zero-order chi connectivity index (χ0) is 21.8. The Morgan fingerprint density at radius 1 is 1.10 bits per heavy atom. The van der Waals surface area contributed by atoms with Crippen LogP contribution in [0.2, 0.25) is 0 Å². The first kappa shape index (κ1) is 20.6. The maximum absolute atomic E-state index is 12.4. The molecule has 0 saturated heterocycles. The summed E-state index contributed by atoms with van der Waals surface area (Å²) in [6, 6.07) is 9.38. The van der Waals surface area contributed by atoms with E-state index < -0.39 is 11.9 Å². The van der Waals surface area contributed by atoms with Gasteiger partial charge in [-0.05, 0) is 38.3 Å². The molecule has 31 heavy (non-hydrogen) atoms. The third-order valence-electron chi connectivity index (χ3n) is 5.09. The molecule has 9 heteroatoms. The second-order valence-corrected chi connectivity index (χ2v) is 7.07. The van der Waals surface area contributed by atoms with Crippen molar-refractivity contribution in [2.75, 3.05) is 13.7 Å². The summed E-state index contributed by atoms with van der Waals surface area (Å²) in [5.41, 5.74) is 2.62. The zero-order valence-corrected chi connectivity index (χ0v) is 17.5. The van der Waals surface area contributed by atoms with Crippen molar-refractivity contribution in [2.24, 2.45) is 0 Å². The lowest BCUT2D eigenvalue weighted by atomic mass is 10.1. The van der Waals surface area contributed by atoms with Crippen LogP contribution < -0.4 is 4.74 Å². The molecule has 0 saturated carbocycles. The van der Waals surface area contributed by atoms with Crippen molar-refractivity contribution in [2.45, 2.75) is 39.3 Å². The van der Waals surface area contributed by atoms with Gasteiger partial charge < -0.3 is 14.2 Å². The normalized spacial score (nSPS) is 12.8. The molecule has 3 heterocycles. The van der Waals surface area contributed by atoms with Gasteiger partial charge in [-0.1, -0.05) is 18.2 Å². The van der Waals surface area contributed by atoms with Crippen molar-refractivity contribution in [1.29, 1.82) is 0 Å². The Bertz CT molecular complexity index is 1090. The van der Waals surface area contributed by atoms with Crippen LogP contribution in [0, 0.1) is 0 Å². The van der Waals surface area contributed by atoms with E-state index in [1.807, 2.05) is 35.0 Å². The number of ether oxygens (including phenoxy) is 3. The largest absolute Gasteiger partial charge is 0.483 e. The van der Waals surface area contributed by atoms with E-state index >= 15 is 0 Å². The van der Waals surface area contributed by atoms with Crippen LogP contribution in [0.4, 0.5) is 0 Å². The van der Waals surface area contributed by atoms with Crippen LogP contribution in [0.3, 0.4) is 0 Å². The molecule has 0 unspecified atom stereocenters. The van der Waals surface area contributed by atoms with Crippen LogP contribution in [0.25, 0.3) is 5.69 Å². The summed E-state index contributed by atoms with van der Waals surface area (Å²) >= 11 is 0. The lowest BCUT2D eigenvalue weighted by Crippen LogP contribution is -2.14. The van der Waals surface area contributed by atoms with Crippen molar-refractivity contribution in [3.05, 3.63) is 59.2 Å². The van der Waals surface area contributed by atoms with Crippen LogP contribution in [0.1, 0.15) is 52.0 Å². The molecule has 0 spiro atoms. The summed E-state index contributed by atoms with van der Waals surface area (Å²) in [6.07, 6.45) is 4.38. The maximum atomic E-state index is 12.4. The van der Waals surface area contributed by atoms with Crippen LogP contribution >= 0.6 is 0 Å². The van der Waals surface area contributed by atoms with Crippen LogP contribution in [-0.4, -0.2) is 45.2 Å². The number of esters is 2. The summed E-state index contributed by atoms with van der Waals surface area (Å²) in [5, 5.41) is 8.91. The molecule has 2 aromatic heterocycles. The number of hydrogen-bond acceptors (Lipinski definition) is 7. The molecule has 1 aliphatic heterocycles. The lowest BCUT2D eigenvalue weighted by molar-refractivity contribution is 0.0512. The minimum atomic E-state index is -0.579. The van der Waals surface area contributed by atoms with Gasteiger partial charge in [-0.15, -0.1) is 0 Å². The van der Waals surface area contributed by atoms with E-state index in [0.29, 0.717) is 11.3 Å². The van der Waals surface area contributed by atoms with Gasteiger partial charge in [0, 0.05) is 6.54 Å². The van der Waals surface area contributed by atoms with E-state index in [9.17, 15) is 9.59 Å². The molecule has 0 N–H and O–H groups in total. The van der Waals surface area contributed by atoms with Crippen molar-refractivity contribution in [3.63, 3.8) is 0 Å². The summed E-state index contributed by atoms with van der Waals surface area (Å²) < 4.78 is 19.4.